The highest BCUT2D eigenvalue weighted by atomic mass is 19.1. The Bertz CT molecular complexity index is 910. The van der Waals surface area contributed by atoms with Gasteiger partial charge in [0.15, 0.2) is 0 Å². The first-order valence-corrected chi connectivity index (χ1v) is 8.09. The summed E-state index contributed by atoms with van der Waals surface area (Å²) in [5.41, 5.74) is 2.79. The molecule has 2 N–H and O–H groups in total. The second kappa shape index (κ2) is 7.65. The van der Waals surface area contributed by atoms with Crippen LogP contribution in [0.1, 0.15) is 10.4 Å². The van der Waals surface area contributed by atoms with Crippen LogP contribution in [0.15, 0.2) is 66.9 Å². The van der Waals surface area contributed by atoms with Crippen molar-refractivity contribution in [2.24, 2.45) is 0 Å². The van der Waals surface area contributed by atoms with Crippen LogP contribution in [0.25, 0.3) is 0 Å². The molecular formula is C20H19FN4O. The average molecular weight is 350 g/mol. The number of hydrogen-bond donors (Lipinski definition) is 2. The van der Waals surface area contributed by atoms with E-state index in [4.69, 9.17) is 0 Å². The van der Waals surface area contributed by atoms with Crippen molar-refractivity contribution in [3.8, 4) is 0 Å². The molecule has 6 heteroatoms. The number of pyridine rings is 1. The van der Waals surface area contributed by atoms with E-state index in [0.29, 0.717) is 17.1 Å². The van der Waals surface area contributed by atoms with Crippen molar-refractivity contribution in [3.63, 3.8) is 0 Å². The molecule has 0 aliphatic rings. The number of nitrogens with zero attached hydrogens (tertiary/aromatic N) is 2. The number of halogens is 1. The molecule has 1 aromatic heterocycles. The Morgan fingerprint density at radius 3 is 2.46 bits per heavy atom. The normalized spacial score (nSPS) is 10.3. The Labute approximate surface area is 151 Å². The zero-order chi connectivity index (χ0) is 18.5. The fraction of sp³-hybridized carbons (Fsp3) is 0.100. The summed E-state index contributed by atoms with van der Waals surface area (Å²) in [6.07, 6.45) is 1.55. The molecule has 0 aliphatic carbocycles. The molecule has 26 heavy (non-hydrogen) atoms. The second-order valence-electron chi connectivity index (χ2n) is 5.96. The first-order valence-electron chi connectivity index (χ1n) is 8.09. The van der Waals surface area contributed by atoms with E-state index in [1.165, 1.54) is 12.1 Å². The van der Waals surface area contributed by atoms with Gasteiger partial charge in [-0.2, -0.15) is 0 Å². The lowest BCUT2D eigenvalue weighted by Gasteiger charge is -2.13. The van der Waals surface area contributed by atoms with Gasteiger partial charge in [0.25, 0.3) is 5.91 Å². The van der Waals surface area contributed by atoms with Crippen molar-refractivity contribution in [3.05, 3.63) is 78.2 Å². The summed E-state index contributed by atoms with van der Waals surface area (Å²) in [5, 5.41) is 5.84. The SMILES string of the molecule is CN(C)c1ccc(Nc2cc(C(=O)Nc3cccc(F)c3)ccn2)cc1. The lowest BCUT2D eigenvalue weighted by molar-refractivity contribution is 0.102. The highest BCUT2D eigenvalue weighted by Gasteiger charge is 2.08. The molecular weight excluding hydrogens is 331 g/mol. The predicted octanol–water partition coefficient (Wildman–Crippen LogP) is 4.28. The largest absolute Gasteiger partial charge is 0.378 e. The van der Waals surface area contributed by atoms with Crippen molar-refractivity contribution in [1.29, 1.82) is 0 Å². The van der Waals surface area contributed by atoms with Crippen LogP contribution in [0, 0.1) is 5.82 Å². The van der Waals surface area contributed by atoms with Gasteiger partial charge in [-0.05, 0) is 54.6 Å². The van der Waals surface area contributed by atoms with E-state index < -0.39 is 5.82 Å². The van der Waals surface area contributed by atoms with Crippen LogP contribution in [-0.4, -0.2) is 25.0 Å². The lowest BCUT2D eigenvalue weighted by Crippen LogP contribution is -2.12. The Morgan fingerprint density at radius 1 is 1.00 bits per heavy atom. The minimum atomic E-state index is -0.402. The summed E-state index contributed by atoms with van der Waals surface area (Å²) < 4.78 is 13.2. The molecule has 0 bridgehead atoms. The maximum atomic E-state index is 13.2. The Kier molecular flexibility index (Phi) is 5.12. The molecule has 1 heterocycles. The van der Waals surface area contributed by atoms with Gasteiger partial charge in [-0.15, -0.1) is 0 Å². The highest BCUT2D eigenvalue weighted by molar-refractivity contribution is 6.04. The van der Waals surface area contributed by atoms with E-state index in [-0.39, 0.29) is 5.91 Å². The zero-order valence-electron chi connectivity index (χ0n) is 14.5. The Balaban J connectivity index is 1.72. The summed E-state index contributed by atoms with van der Waals surface area (Å²) in [6.45, 7) is 0. The molecule has 0 atom stereocenters. The number of carbonyl (C=O) groups is 1. The van der Waals surface area contributed by atoms with Gasteiger partial charge in [0, 0.05) is 42.9 Å². The molecule has 0 unspecified atom stereocenters. The summed E-state index contributed by atoms with van der Waals surface area (Å²) in [7, 11) is 3.95. The fourth-order valence-electron chi connectivity index (χ4n) is 2.40. The molecule has 2 aromatic carbocycles. The predicted molar refractivity (Wildman–Crippen MR) is 103 cm³/mol. The molecule has 0 radical (unpaired) electrons. The van der Waals surface area contributed by atoms with Crippen molar-refractivity contribution in [2.75, 3.05) is 29.6 Å². The fourth-order valence-corrected chi connectivity index (χ4v) is 2.40. The molecule has 3 rings (SSSR count). The van der Waals surface area contributed by atoms with Gasteiger partial charge in [-0.3, -0.25) is 4.79 Å². The molecule has 0 fully saturated rings. The maximum absolute atomic E-state index is 13.2. The van der Waals surface area contributed by atoms with E-state index in [1.54, 1.807) is 30.5 Å². The number of anilines is 4. The number of nitrogens with one attached hydrogen (secondary N) is 2. The van der Waals surface area contributed by atoms with Crippen LogP contribution < -0.4 is 15.5 Å². The first kappa shape index (κ1) is 17.4. The third kappa shape index (κ3) is 4.36. The van der Waals surface area contributed by atoms with Crippen LogP contribution in [0.4, 0.5) is 27.3 Å². The summed E-state index contributed by atoms with van der Waals surface area (Å²) in [6, 6.07) is 16.9. The topological polar surface area (TPSA) is 57.3 Å². The van der Waals surface area contributed by atoms with Gasteiger partial charge in [0.1, 0.15) is 11.6 Å². The summed E-state index contributed by atoms with van der Waals surface area (Å²) >= 11 is 0. The number of rotatable bonds is 5. The molecule has 0 spiro atoms. The number of amides is 1. The molecule has 1 amide bonds. The van der Waals surface area contributed by atoms with E-state index in [2.05, 4.69) is 15.6 Å². The van der Waals surface area contributed by atoms with Crippen LogP contribution in [0.5, 0.6) is 0 Å². The van der Waals surface area contributed by atoms with Gasteiger partial charge < -0.3 is 15.5 Å². The quantitative estimate of drug-likeness (QED) is 0.721. The molecule has 0 saturated carbocycles. The van der Waals surface area contributed by atoms with Gasteiger partial charge in [-0.1, -0.05) is 6.07 Å². The smallest absolute Gasteiger partial charge is 0.255 e. The lowest BCUT2D eigenvalue weighted by atomic mass is 10.2. The zero-order valence-corrected chi connectivity index (χ0v) is 14.5. The Morgan fingerprint density at radius 2 is 1.77 bits per heavy atom. The van der Waals surface area contributed by atoms with Gasteiger partial charge in [0.2, 0.25) is 0 Å². The van der Waals surface area contributed by atoms with Gasteiger partial charge in [-0.25, -0.2) is 9.37 Å². The van der Waals surface area contributed by atoms with Gasteiger partial charge in [0.05, 0.1) is 0 Å². The van der Waals surface area contributed by atoms with Crippen molar-refractivity contribution >= 4 is 28.8 Å². The summed E-state index contributed by atoms with van der Waals surface area (Å²) in [4.78, 5) is 18.6. The van der Waals surface area contributed by atoms with Gasteiger partial charge >= 0.3 is 0 Å². The van der Waals surface area contributed by atoms with Crippen molar-refractivity contribution in [2.45, 2.75) is 0 Å². The third-order valence-electron chi connectivity index (χ3n) is 3.76. The summed E-state index contributed by atoms with van der Waals surface area (Å²) in [5.74, 6) is -0.181. The first-order chi connectivity index (χ1) is 12.5. The number of carbonyl (C=O) groups excluding carboxylic acids is 1. The van der Waals surface area contributed by atoms with E-state index in [0.717, 1.165) is 11.4 Å². The molecule has 132 valence electrons. The number of aromatic nitrogens is 1. The monoisotopic (exact) mass is 350 g/mol. The molecule has 0 aliphatic heterocycles. The van der Waals surface area contributed by atoms with Crippen LogP contribution in [-0.2, 0) is 0 Å². The third-order valence-corrected chi connectivity index (χ3v) is 3.76. The number of hydrogen-bond acceptors (Lipinski definition) is 4. The van der Waals surface area contributed by atoms with Crippen LogP contribution >= 0.6 is 0 Å². The Hall–Kier alpha value is -3.41. The maximum Gasteiger partial charge on any atom is 0.255 e. The highest BCUT2D eigenvalue weighted by Crippen LogP contribution is 2.20. The molecule has 0 saturated heterocycles. The molecule has 5 nitrogen and oxygen atoms in total. The minimum Gasteiger partial charge on any atom is -0.378 e. The second-order valence-corrected chi connectivity index (χ2v) is 5.96. The average Bonchev–Trinajstić information content (AvgIpc) is 2.62. The van der Waals surface area contributed by atoms with Crippen LogP contribution in [0.2, 0.25) is 0 Å². The van der Waals surface area contributed by atoms with E-state index >= 15 is 0 Å². The van der Waals surface area contributed by atoms with Crippen molar-refractivity contribution < 1.29 is 9.18 Å². The van der Waals surface area contributed by atoms with Crippen molar-refractivity contribution in [1.82, 2.24) is 4.98 Å². The van der Waals surface area contributed by atoms with Crippen LogP contribution in [0.3, 0.4) is 0 Å². The van der Waals surface area contributed by atoms with E-state index in [1.807, 2.05) is 43.3 Å². The minimum absolute atomic E-state index is 0.330. The van der Waals surface area contributed by atoms with E-state index in [9.17, 15) is 9.18 Å². The molecule has 3 aromatic rings. The standard InChI is InChI=1S/C20H19FN4O/c1-25(2)18-8-6-16(7-9-18)23-19-12-14(10-11-22-19)20(26)24-17-5-3-4-15(21)13-17/h3-13H,1-2H3,(H,22,23)(H,24,26). The number of benzene rings is 2.